The number of aliphatic hydroxyl groups is 2. The Kier molecular flexibility index (Phi) is 5.22. The Balaban J connectivity index is 1.62. The molecule has 0 bridgehead atoms. The molecule has 2 aromatic carbocycles. The number of hydrogen-bond donors (Lipinski definition) is 2. The maximum atomic E-state index is 10.2. The van der Waals surface area contributed by atoms with Crippen molar-refractivity contribution in [3.63, 3.8) is 0 Å². The van der Waals surface area contributed by atoms with Crippen LogP contribution in [0.3, 0.4) is 0 Å². The molecule has 0 amide bonds. The van der Waals surface area contributed by atoms with E-state index in [1.54, 1.807) is 0 Å². The monoisotopic (exact) mass is 367 g/mol. The lowest BCUT2D eigenvalue weighted by molar-refractivity contribution is -0.113. The molecule has 0 spiro atoms. The molecule has 0 aromatic heterocycles. The summed E-state index contributed by atoms with van der Waals surface area (Å²) < 4.78 is 6.02. The molecule has 1 saturated heterocycles. The first-order valence-electron chi connectivity index (χ1n) is 9.88. The second kappa shape index (κ2) is 7.63. The zero-order valence-corrected chi connectivity index (χ0v) is 16.2. The van der Waals surface area contributed by atoms with Crippen molar-refractivity contribution in [1.82, 2.24) is 0 Å². The Morgan fingerprint density at radius 2 is 1.85 bits per heavy atom. The van der Waals surface area contributed by atoms with Crippen molar-refractivity contribution in [2.24, 2.45) is 0 Å². The van der Waals surface area contributed by atoms with Crippen molar-refractivity contribution in [3.8, 4) is 0 Å². The van der Waals surface area contributed by atoms with E-state index in [1.807, 2.05) is 0 Å². The second-order valence-corrected chi connectivity index (χ2v) is 8.12. The van der Waals surface area contributed by atoms with Gasteiger partial charge in [-0.15, -0.1) is 0 Å². The van der Waals surface area contributed by atoms with Crippen LogP contribution in [-0.2, 0) is 24.0 Å². The van der Waals surface area contributed by atoms with E-state index in [1.165, 1.54) is 40.8 Å². The van der Waals surface area contributed by atoms with Crippen LogP contribution in [0.4, 0.5) is 5.69 Å². The number of anilines is 1. The number of hydrogen-bond acceptors (Lipinski definition) is 4. The van der Waals surface area contributed by atoms with E-state index in [0.29, 0.717) is 12.8 Å². The molecule has 1 aliphatic heterocycles. The van der Waals surface area contributed by atoms with Gasteiger partial charge < -0.3 is 19.8 Å². The Morgan fingerprint density at radius 1 is 1.04 bits per heavy atom. The predicted octanol–water partition coefficient (Wildman–Crippen LogP) is 3.02. The van der Waals surface area contributed by atoms with E-state index in [0.717, 1.165) is 12.0 Å². The number of aliphatic hydroxyl groups excluding tert-OH is 2. The Hall–Kier alpha value is -1.88. The van der Waals surface area contributed by atoms with Crippen molar-refractivity contribution in [3.05, 3.63) is 64.2 Å². The molecule has 27 heavy (non-hydrogen) atoms. The SMILES string of the molecule is CN(C)c1ccc(C2CC(O)CC(CO)O2)cc1Cc1ccc2c(c1)CC2. The van der Waals surface area contributed by atoms with Gasteiger partial charge in [0.05, 0.1) is 24.9 Å². The molecule has 1 fully saturated rings. The van der Waals surface area contributed by atoms with Crippen molar-refractivity contribution in [2.45, 2.75) is 50.4 Å². The fourth-order valence-corrected chi connectivity index (χ4v) is 4.28. The molecule has 1 aliphatic carbocycles. The van der Waals surface area contributed by atoms with Gasteiger partial charge in [0, 0.05) is 32.6 Å². The molecular formula is C23H29NO3. The van der Waals surface area contributed by atoms with Crippen LogP contribution >= 0.6 is 0 Å². The molecule has 1 heterocycles. The average molecular weight is 367 g/mol. The van der Waals surface area contributed by atoms with Crippen LogP contribution in [0.2, 0.25) is 0 Å². The highest BCUT2D eigenvalue weighted by molar-refractivity contribution is 5.56. The van der Waals surface area contributed by atoms with Gasteiger partial charge in [-0.3, -0.25) is 0 Å². The molecule has 2 aromatic rings. The first-order valence-corrected chi connectivity index (χ1v) is 9.88. The molecule has 2 aliphatic rings. The standard InChI is InChI=1S/C23H29NO3/c1-24(2)22-8-7-18(23-13-20(26)12-21(14-25)27-23)11-19(22)10-15-3-4-16-5-6-17(16)9-15/h3-4,7-9,11,20-21,23,25-26H,5-6,10,12-14H2,1-2H3. The van der Waals surface area contributed by atoms with Crippen molar-refractivity contribution in [2.75, 3.05) is 25.6 Å². The Labute approximate surface area is 161 Å². The van der Waals surface area contributed by atoms with Gasteiger partial charge in [0.25, 0.3) is 0 Å². The minimum Gasteiger partial charge on any atom is -0.394 e. The Bertz CT molecular complexity index is 817. The molecule has 4 rings (SSSR count). The second-order valence-electron chi connectivity index (χ2n) is 8.12. The summed E-state index contributed by atoms with van der Waals surface area (Å²) in [6.45, 7) is -0.0503. The van der Waals surface area contributed by atoms with Gasteiger partial charge in [0.1, 0.15) is 0 Å². The molecule has 4 heteroatoms. The fourth-order valence-electron chi connectivity index (χ4n) is 4.28. The van der Waals surface area contributed by atoms with Crippen molar-refractivity contribution >= 4 is 5.69 Å². The highest BCUT2D eigenvalue weighted by Gasteiger charge is 2.29. The first kappa shape index (κ1) is 18.5. The maximum Gasteiger partial charge on any atom is 0.0854 e. The summed E-state index contributed by atoms with van der Waals surface area (Å²) in [4.78, 5) is 2.15. The van der Waals surface area contributed by atoms with Crippen LogP contribution in [0.25, 0.3) is 0 Å². The predicted molar refractivity (Wildman–Crippen MR) is 107 cm³/mol. The summed E-state index contributed by atoms with van der Waals surface area (Å²) in [5.41, 5.74) is 7.86. The van der Waals surface area contributed by atoms with Gasteiger partial charge in [0.15, 0.2) is 0 Å². The van der Waals surface area contributed by atoms with Crippen LogP contribution < -0.4 is 4.90 Å². The number of fused-ring (bicyclic) bond motifs is 1. The molecule has 0 radical (unpaired) electrons. The van der Waals surface area contributed by atoms with Gasteiger partial charge in [-0.25, -0.2) is 0 Å². The van der Waals surface area contributed by atoms with Crippen LogP contribution in [0.5, 0.6) is 0 Å². The summed E-state index contributed by atoms with van der Waals surface area (Å²) in [6, 6.07) is 13.3. The molecule has 144 valence electrons. The summed E-state index contributed by atoms with van der Waals surface area (Å²) in [5.74, 6) is 0. The Morgan fingerprint density at radius 3 is 2.52 bits per heavy atom. The number of ether oxygens (including phenoxy) is 1. The lowest BCUT2D eigenvalue weighted by Gasteiger charge is -2.33. The highest BCUT2D eigenvalue weighted by atomic mass is 16.5. The van der Waals surface area contributed by atoms with Crippen molar-refractivity contribution < 1.29 is 14.9 Å². The zero-order chi connectivity index (χ0) is 19.0. The lowest BCUT2D eigenvalue weighted by atomic mass is 9.86. The van der Waals surface area contributed by atoms with Gasteiger partial charge in [0.2, 0.25) is 0 Å². The third-order valence-corrected chi connectivity index (χ3v) is 5.87. The maximum absolute atomic E-state index is 10.2. The molecule has 0 saturated carbocycles. The van der Waals surface area contributed by atoms with E-state index in [-0.39, 0.29) is 18.8 Å². The lowest BCUT2D eigenvalue weighted by Crippen LogP contribution is -2.33. The summed E-state index contributed by atoms with van der Waals surface area (Å²) in [6.07, 6.45) is 3.49. The van der Waals surface area contributed by atoms with E-state index in [9.17, 15) is 10.2 Å². The van der Waals surface area contributed by atoms with Crippen LogP contribution in [0, 0.1) is 0 Å². The smallest absolute Gasteiger partial charge is 0.0854 e. The summed E-state index contributed by atoms with van der Waals surface area (Å²) >= 11 is 0. The summed E-state index contributed by atoms with van der Waals surface area (Å²) in [7, 11) is 4.14. The third-order valence-electron chi connectivity index (χ3n) is 5.87. The van der Waals surface area contributed by atoms with E-state index in [4.69, 9.17) is 4.74 Å². The van der Waals surface area contributed by atoms with Crippen molar-refractivity contribution in [1.29, 1.82) is 0 Å². The van der Waals surface area contributed by atoms with Crippen LogP contribution in [-0.4, -0.2) is 43.1 Å². The molecule has 3 atom stereocenters. The van der Waals surface area contributed by atoms with E-state index >= 15 is 0 Å². The normalized spacial score (nSPS) is 24.2. The molecular weight excluding hydrogens is 338 g/mol. The fraction of sp³-hybridized carbons (Fsp3) is 0.478. The minimum atomic E-state index is -0.425. The number of aryl methyl sites for hydroxylation is 2. The zero-order valence-electron chi connectivity index (χ0n) is 16.2. The highest BCUT2D eigenvalue weighted by Crippen LogP contribution is 2.35. The van der Waals surface area contributed by atoms with Crippen LogP contribution in [0.15, 0.2) is 36.4 Å². The van der Waals surface area contributed by atoms with Gasteiger partial charge >= 0.3 is 0 Å². The third kappa shape index (κ3) is 3.88. The van der Waals surface area contributed by atoms with Gasteiger partial charge in [-0.1, -0.05) is 30.3 Å². The minimum absolute atomic E-state index is 0.0503. The molecule has 2 N–H and O–H groups in total. The number of benzene rings is 2. The number of rotatable bonds is 5. The van der Waals surface area contributed by atoms with Gasteiger partial charge in [-0.2, -0.15) is 0 Å². The van der Waals surface area contributed by atoms with E-state index in [2.05, 4.69) is 55.4 Å². The largest absolute Gasteiger partial charge is 0.394 e. The summed E-state index contributed by atoms with van der Waals surface area (Å²) in [5, 5.41) is 19.6. The van der Waals surface area contributed by atoms with E-state index < -0.39 is 6.10 Å². The molecule has 4 nitrogen and oxygen atoms in total. The molecule has 3 unspecified atom stereocenters. The average Bonchev–Trinajstić information content (AvgIpc) is 2.63. The topological polar surface area (TPSA) is 52.9 Å². The number of nitrogens with zero attached hydrogens (tertiary/aromatic N) is 1. The van der Waals surface area contributed by atoms with Crippen LogP contribution in [0.1, 0.15) is 46.8 Å². The quantitative estimate of drug-likeness (QED) is 0.853. The first-order chi connectivity index (χ1) is 13.0. The van der Waals surface area contributed by atoms with Gasteiger partial charge in [-0.05, 0) is 53.1 Å².